The topological polar surface area (TPSA) is 114 Å². The molecule has 0 radical (unpaired) electrons. The molecule has 1 heterocycles. The minimum absolute atomic E-state index is 0.178. The molecule has 11 heteroatoms. The molecule has 3 aromatic carbocycles. The number of para-hydroxylation sites is 1. The van der Waals surface area contributed by atoms with Crippen molar-refractivity contribution in [1.29, 1.82) is 0 Å². The number of amides is 4. The number of carbonyl (C=O) groups excluding carboxylic acids is 4. The third-order valence-corrected chi connectivity index (χ3v) is 7.14. The molecule has 1 aliphatic rings. The summed E-state index contributed by atoms with van der Waals surface area (Å²) in [5, 5.41) is 4.92. The van der Waals surface area contributed by atoms with Crippen LogP contribution in [0.2, 0.25) is 0 Å². The van der Waals surface area contributed by atoms with Crippen molar-refractivity contribution in [3.8, 4) is 11.5 Å². The third kappa shape index (κ3) is 7.39. The van der Waals surface area contributed by atoms with Crippen LogP contribution in [-0.2, 0) is 14.4 Å². The predicted octanol–water partition coefficient (Wildman–Crippen LogP) is 5.30. The van der Waals surface area contributed by atoms with E-state index in [1.54, 1.807) is 48.5 Å². The monoisotopic (exact) mass is 657 g/mol. The molecule has 1 aliphatic heterocycles. The highest BCUT2D eigenvalue weighted by Crippen LogP contribution is 2.37. The molecule has 1 fully saturated rings. The summed E-state index contributed by atoms with van der Waals surface area (Å²) in [6.07, 6.45) is 1.56. The lowest BCUT2D eigenvalue weighted by Crippen LogP contribution is -2.36. The van der Waals surface area contributed by atoms with Crippen LogP contribution in [0, 0.1) is 10.5 Å². The van der Waals surface area contributed by atoms with Gasteiger partial charge in [-0.3, -0.25) is 24.1 Å². The van der Waals surface area contributed by atoms with Crippen LogP contribution >= 0.6 is 34.4 Å². The highest BCUT2D eigenvalue weighted by molar-refractivity contribution is 14.1. The van der Waals surface area contributed by atoms with Gasteiger partial charge in [-0.05, 0) is 94.9 Å². The van der Waals surface area contributed by atoms with E-state index in [4.69, 9.17) is 9.47 Å². The van der Waals surface area contributed by atoms with Crippen LogP contribution < -0.4 is 20.1 Å². The highest BCUT2D eigenvalue weighted by Gasteiger charge is 2.36. The number of ether oxygens (including phenoxy) is 2. The summed E-state index contributed by atoms with van der Waals surface area (Å²) in [5.41, 5.74) is 2.81. The number of anilines is 2. The Morgan fingerprint density at radius 3 is 2.41 bits per heavy atom. The maximum atomic E-state index is 12.9. The quantitative estimate of drug-likeness (QED) is 0.237. The molecular formula is C28H24IN3O6S. The maximum Gasteiger partial charge on any atom is 0.294 e. The Morgan fingerprint density at radius 2 is 1.69 bits per heavy atom. The lowest BCUT2D eigenvalue weighted by Gasteiger charge is -2.14. The van der Waals surface area contributed by atoms with Gasteiger partial charge in [0.25, 0.3) is 17.1 Å². The summed E-state index contributed by atoms with van der Waals surface area (Å²) in [6, 6.07) is 19.6. The number of hydrogen-bond acceptors (Lipinski definition) is 7. The number of hydrogen-bond donors (Lipinski definition) is 2. The summed E-state index contributed by atoms with van der Waals surface area (Å²) in [5.74, 6) is -0.630. The van der Waals surface area contributed by atoms with Gasteiger partial charge in [-0.25, -0.2) is 0 Å². The first-order valence-electron chi connectivity index (χ1n) is 11.7. The summed E-state index contributed by atoms with van der Waals surface area (Å²) < 4.78 is 11.8. The predicted molar refractivity (Wildman–Crippen MR) is 159 cm³/mol. The molecule has 1 saturated heterocycles. The van der Waals surface area contributed by atoms with E-state index in [9.17, 15) is 19.2 Å². The van der Waals surface area contributed by atoms with E-state index in [-0.39, 0.29) is 17.4 Å². The minimum Gasteiger partial charge on any atom is -0.493 e. The van der Waals surface area contributed by atoms with Gasteiger partial charge in [-0.1, -0.05) is 30.3 Å². The molecule has 3 aromatic rings. The molecule has 39 heavy (non-hydrogen) atoms. The first kappa shape index (κ1) is 28.2. The molecular weight excluding hydrogens is 633 g/mol. The van der Waals surface area contributed by atoms with E-state index in [2.05, 4.69) is 10.6 Å². The van der Waals surface area contributed by atoms with Crippen LogP contribution in [0.5, 0.6) is 11.5 Å². The Labute approximate surface area is 243 Å². The van der Waals surface area contributed by atoms with Crippen molar-refractivity contribution in [2.75, 3.05) is 30.9 Å². The van der Waals surface area contributed by atoms with Crippen molar-refractivity contribution in [3.63, 3.8) is 0 Å². The zero-order valence-corrected chi connectivity index (χ0v) is 24.0. The summed E-state index contributed by atoms with van der Waals surface area (Å²) in [4.78, 5) is 51.3. The Kier molecular flexibility index (Phi) is 9.25. The van der Waals surface area contributed by atoms with E-state index in [0.717, 1.165) is 22.2 Å². The van der Waals surface area contributed by atoms with Gasteiger partial charge >= 0.3 is 0 Å². The third-order valence-electron chi connectivity index (χ3n) is 5.43. The van der Waals surface area contributed by atoms with Gasteiger partial charge in [0.05, 0.1) is 15.6 Å². The van der Waals surface area contributed by atoms with Crippen molar-refractivity contribution < 1.29 is 28.7 Å². The van der Waals surface area contributed by atoms with Crippen LogP contribution in [0.15, 0.2) is 71.6 Å². The van der Waals surface area contributed by atoms with Crippen molar-refractivity contribution in [2.24, 2.45) is 0 Å². The SMILES string of the molecule is COc1cc(/C=C2\SC(=O)N(CC(=O)Nc3cccc(C)c3)C2=O)cc(I)c1OCC(=O)Nc1ccccc1. The summed E-state index contributed by atoms with van der Waals surface area (Å²) >= 11 is 2.80. The van der Waals surface area contributed by atoms with Crippen molar-refractivity contribution >= 4 is 74.8 Å². The number of imide groups is 1. The number of methoxy groups -OCH3 is 1. The van der Waals surface area contributed by atoms with Gasteiger partial charge in [0.1, 0.15) is 6.54 Å². The molecule has 200 valence electrons. The molecule has 0 unspecified atom stereocenters. The normalized spacial score (nSPS) is 13.9. The number of halogens is 1. The molecule has 0 saturated carbocycles. The smallest absolute Gasteiger partial charge is 0.294 e. The molecule has 4 rings (SSSR count). The van der Waals surface area contributed by atoms with Crippen molar-refractivity contribution in [2.45, 2.75) is 6.92 Å². The van der Waals surface area contributed by atoms with E-state index < -0.39 is 23.6 Å². The molecule has 0 spiro atoms. The van der Waals surface area contributed by atoms with Gasteiger partial charge in [-0.2, -0.15) is 0 Å². The Morgan fingerprint density at radius 1 is 0.974 bits per heavy atom. The number of nitrogens with one attached hydrogen (secondary N) is 2. The zero-order valence-electron chi connectivity index (χ0n) is 21.0. The fraction of sp³-hybridized carbons (Fsp3) is 0.143. The minimum atomic E-state index is -0.559. The lowest BCUT2D eigenvalue weighted by atomic mass is 10.2. The zero-order chi connectivity index (χ0) is 27.9. The first-order chi connectivity index (χ1) is 18.7. The van der Waals surface area contributed by atoms with Gasteiger partial charge in [-0.15, -0.1) is 0 Å². The molecule has 9 nitrogen and oxygen atoms in total. The summed E-state index contributed by atoms with van der Waals surface area (Å²) in [7, 11) is 1.47. The van der Waals surface area contributed by atoms with Crippen LogP contribution in [0.25, 0.3) is 6.08 Å². The molecule has 0 aromatic heterocycles. The van der Waals surface area contributed by atoms with Crippen molar-refractivity contribution in [3.05, 3.63) is 86.3 Å². The Hall–Kier alpha value is -3.84. The molecule has 4 amide bonds. The number of benzene rings is 3. The van der Waals surface area contributed by atoms with Gasteiger partial charge in [0.2, 0.25) is 5.91 Å². The van der Waals surface area contributed by atoms with E-state index in [0.29, 0.717) is 32.0 Å². The molecule has 2 N–H and O–H groups in total. The van der Waals surface area contributed by atoms with Crippen molar-refractivity contribution in [1.82, 2.24) is 4.90 Å². The average Bonchev–Trinajstić information content (AvgIpc) is 3.15. The largest absolute Gasteiger partial charge is 0.493 e. The van der Waals surface area contributed by atoms with Gasteiger partial charge in [0.15, 0.2) is 18.1 Å². The molecule has 0 bridgehead atoms. The average molecular weight is 657 g/mol. The van der Waals surface area contributed by atoms with Crippen LogP contribution in [0.1, 0.15) is 11.1 Å². The fourth-order valence-electron chi connectivity index (χ4n) is 3.67. The Balaban J connectivity index is 1.42. The molecule has 0 aliphatic carbocycles. The number of rotatable bonds is 9. The number of carbonyl (C=O) groups is 4. The standard InChI is InChI=1S/C28H24IN3O6S/c1-17-7-6-10-20(11-17)31-24(33)15-32-27(35)23(39-28(32)36)14-18-12-21(29)26(22(13-18)37-2)38-16-25(34)30-19-8-4-3-5-9-19/h3-14H,15-16H2,1-2H3,(H,30,34)(H,31,33)/b23-14-. The molecule has 0 atom stereocenters. The summed E-state index contributed by atoms with van der Waals surface area (Å²) in [6.45, 7) is 1.27. The Bertz CT molecular complexity index is 1460. The first-order valence-corrected chi connectivity index (χ1v) is 13.6. The second-order valence-corrected chi connectivity index (χ2v) is 10.6. The van der Waals surface area contributed by atoms with Gasteiger partial charge in [0, 0.05) is 11.4 Å². The second kappa shape index (κ2) is 12.8. The highest BCUT2D eigenvalue weighted by atomic mass is 127. The van der Waals surface area contributed by atoms with Gasteiger partial charge < -0.3 is 20.1 Å². The van der Waals surface area contributed by atoms with Crippen LogP contribution in [-0.4, -0.2) is 48.1 Å². The number of aryl methyl sites for hydroxylation is 1. The van der Waals surface area contributed by atoms with Crippen LogP contribution in [0.4, 0.5) is 16.2 Å². The van der Waals surface area contributed by atoms with E-state index in [1.807, 2.05) is 53.8 Å². The number of thioether (sulfide) groups is 1. The lowest BCUT2D eigenvalue weighted by molar-refractivity contribution is -0.127. The number of nitrogens with zero attached hydrogens (tertiary/aromatic N) is 1. The second-order valence-electron chi connectivity index (χ2n) is 8.42. The van der Waals surface area contributed by atoms with Crippen LogP contribution in [0.3, 0.4) is 0 Å². The van der Waals surface area contributed by atoms with E-state index in [1.165, 1.54) is 7.11 Å². The van der Waals surface area contributed by atoms with E-state index >= 15 is 0 Å². The fourth-order valence-corrected chi connectivity index (χ4v) is 5.29. The maximum absolute atomic E-state index is 12.9.